The zero-order chi connectivity index (χ0) is 22.5. The van der Waals surface area contributed by atoms with Crippen LogP contribution in [0.4, 0.5) is 0 Å². The van der Waals surface area contributed by atoms with Crippen LogP contribution in [0.1, 0.15) is 31.2 Å². The van der Waals surface area contributed by atoms with E-state index in [4.69, 9.17) is 15.1 Å². The molecule has 3 nitrogen and oxygen atoms in total. The summed E-state index contributed by atoms with van der Waals surface area (Å²) in [5, 5.41) is 11.2. The molecule has 5 rings (SSSR count). The average molecular weight is 433 g/mol. The maximum atomic E-state index is 8.91. The van der Waals surface area contributed by atoms with Crippen LogP contribution >= 0.6 is 0 Å². The summed E-state index contributed by atoms with van der Waals surface area (Å²) in [5.41, 5.74) is 7.99. The van der Waals surface area contributed by atoms with Crippen LogP contribution in [-0.2, 0) is 6.42 Å². The molecule has 0 bridgehead atoms. The Labute approximate surface area is 194 Å². The van der Waals surface area contributed by atoms with E-state index in [0.29, 0.717) is 6.61 Å². The lowest BCUT2D eigenvalue weighted by Crippen LogP contribution is -1.91. The third-order valence-electron chi connectivity index (χ3n) is 6.34. The van der Waals surface area contributed by atoms with Gasteiger partial charge >= 0.3 is 0 Å². The van der Waals surface area contributed by atoms with Gasteiger partial charge in [-0.1, -0.05) is 79.6 Å². The summed E-state index contributed by atoms with van der Waals surface area (Å²) >= 11 is 0. The van der Waals surface area contributed by atoms with Crippen LogP contribution in [0.3, 0.4) is 0 Å². The molecule has 33 heavy (non-hydrogen) atoms. The van der Waals surface area contributed by atoms with E-state index in [9.17, 15) is 0 Å². The predicted octanol–water partition coefficient (Wildman–Crippen LogP) is 7.21. The number of nitrogens with zero attached hydrogens (tertiary/aromatic N) is 2. The van der Waals surface area contributed by atoms with Crippen molar-refractivity contribution in [3.05, 3.63) is 96.8 Å². The molecule has 5 aromatic rings. The maximum absolute atomic E-state index is 8.91. The minimum absolute atomic E-state index is 0.299. The Morgan fingerprint density at radius 2 is 1.12 bits per heavy atom. The quantitative estimate of drug-likeness (QED) is 0.208. The number of rotatable bonds is 8. The first-order chi connectivity index (χ1) is 16.3. The maximum Gasteiger partial charge on any atom is 0.0970 e. The standard InChI is InChI=1S/C30H28N2O/c33-21-7-2-1-4-8-22-11-13-24(14-12-22)26-18-20-32-30-28(26)16-15-27-25(17-19-31-29(27)30)23-9-5-3-6-10-23/h3,5-6,9-20,33H,1-2,4,7-8,21H2. The van der Waals surface area contributed by atoms with E-state index in [2.05, 4.69) is 72.8 Å². The Morgan fingerprint density at radius 3 is 1.73 bits per heavy atom. The number of fused-ring (bicyclic) bond motifs is 3. The summed E-state index contributed by atoms with van der Waals surface area (Å²) in [5.74, 6) is 0. The summed E-state index contributed by atoms with van der Waals surface area (Å²) in [6.07, 6.45) is 9.20. The van der Waals surface area contributed by atoms with Crippen molar-refractivity contribution in [2.75, 3.05) is 6.61 Å². The minimum atomic E-state index is 0.299. The Bertz CT molecular complexity index is 1360. The van der Waals surface area contributed by atoms with Gasteiger partial charge < -0.3 is 5.11 Å². The number of hydrogen-bond donors (Lipinski definition) is 1. The highest BCUT2D eigenvalue weighted by molar-refractivity contribution is 6.11. The predicted molar refractivity (Wildman–Crippen MR) is 137 cm³/mol. The first-order valence-corrected chi connectivity index (χ1v) is 11.8. The summed E-state index contributed by atoms with van der Waals surface area (Å²) in [4.78, 5) is 9.45. The normalized spacial score (nSPS) is 11.3. The van der Waals surface area contributed by atoms with Crippen molar-refractivity contribution < 1.29 is 5.11 Å². The van der Waals surface area contributed by atoms with Crippen LogP contribution in [0.25, 0.3) is 44.1 Å². The largest absolute Gasteiger partial charge is 0.396 e. The number of aromatic nitrogens is 2. The highest BCUT2D eigenvalue weighted by Crippen LogP contribution is 2.35. The Kier molecular flexibility index (Phi) is 6.41. The molecule has 3 heteroatoms. The molecule has 0 aliphatic rings. The molecule has 0 amide bonds. The van der Waals surface area contributed by atoms with E-state index >= 15 is 0 Å². The number of pyridine rings is 2. The van der Waals surface area contributed by atoms with Gasteiger partial charge in [0.15, 0.2) is 0 Å². The molecule has 2 aromatic heterocycles. The number of aliphatic hydroxyl groups excluding tert-OH is 1. The molecule has 0 unspecified atom stereocenters. The van der Waals surface area contributed by atoms with Gasteiger partial charge in [0.25, 0.3) is 0 Å². The summed E-state index contributed by atoms with van der Waals surface area (Å²) in [6.45, 7) is 0.299. The van der Waals surface area contributed by atoms with Crippen LogP contribution in [0.15, 0.2) is 91.3 Å². The summed E-state index contributed by atoms with van der Waals surface area (Å²) in [6, 6.07) is 27.9. The molecule has 0 aliphatic carbocycles. The van der Waals surface area contributed by atoms with E-state index in [0.717, 1.165) is 41.1 Å². The summed E-state index contributed by atoms with van der Waals surface area (Å²) in [7, 11) is 0. The number of aryl methyl sites for hydroxylation is 1. The zero-order valence-electron chi connectivity index (χ0n) is 18.7. The van der Waals surface area contributed by atoms with Crippen molar-refractivity contribution in [1.82, 2.24) is 9.97 Å². The smallest absolute Gasteiger partial charge is 0.0970 e. The monoisotopic (exact) mass is 432 g/mol. The van der Waals surface area contributed by atoms with Gasteiger partial charge in [0.1, 0.15) is 0 Å². The van der Waals surface area contributed by atoms with Gasteiger partial charge in [0.2, 0.25) is 0 Å². The third-order valence-corrected chi connectivity index (χ3v) is 6.34. The second-order valence-corrected chi connectivity index (χ2v) is 8.53. The van der Waals surface area contributed by atoms with Gasteiger partial charge in [0, 0.05) is 29.8 Å². The minimum Gasteiger partial charge on any atom is -0.396 e. The van der Waals surface area contributed by atoms with Gasteiger partial charge in [-0.25, -0.2) is 0 Å². The van der Waals surface area contributed by atoms with Crippen LogP contribution in [-0.4, -0.2) is 21.7 Å². The number of hydrogen-bond acceptors (Lipinski definition) is 3. The third kappa shape index (κ3) is 4.50. The molecular formula is C30H28N2O. The van der Waals surface area contributed by atoms with Crippen molar-refractivity contribution in [3.63, 3.8) is 0 Å². The SMILES string of the molecule is OCCCCCCc1ccc(-c2ccnc3c2ccc2c(-c4ccccc4)ccnc23)cc1. The lowest BCUT2D eigenvalue weighted by atomic mass is 9.96. The molecule has 0 radical (unpaired) electrons. The lowest BCUT2D eigenvalue weighted by Gasteiger charge is -2.11. The van der Waals surface area contributed by atoms with Gasteiger partial charge in [-0.15, -0.1) is 0 Å². The number of unbranched alkanes of at least 4 members (excludes halogenated alkanes) is 3. The molecule has 1 N–H and O–H groups in total. The van der Waals surface area contributed by atoms with E-state index in [1.165, 1.54) is 40.7 Å². The second kappa shape index (κ2) is 9.93. The summed E-state index contributed by atoms with van der Waals surface area (Å²) < 4.78 is 0. The lowest BCUT2D eigenvalue weighted by molar-refractivity contribution is 0.282. The van der Waals surface area contributed by atoms with Crippen molar-refractivity contribution in [2.45, 2.75) is 32.1 Å². The van der Waals surface area contributed by atoms with Gasteiger partial charge in [-0.05, 0) is 59.2 Å². The fourth-order valence-corrected chi connectivity index (χ4v) is 4.59. The Morgan fingerprint density at radius 1 is 0.545 bits per heavy atom. The number of aliphatic hydroxyl groups is 1. The van der Waals surface area contributed by atoms with Gasteiger partial charge in [-0.3, -0.25) is 9.97 Å². The molecule has 0 saturated heterocycles. The molecule has 164 valence electrons. The van der Waals surface area contributed by atoms with E-state index in [1.54, 1.807) is 0 Å². The molecule has 0 spiro atoms. The molecule has 3 aromatic carbocycles. The average Bonchev–Trinajstić information content (AvgIpc) is 2.88. The van der Waals surface area contributed by atoms with Crippen molar-refractivity contribution in [1.29, 1.82) is 0 Å². The van der Waals surface area contributed by atoms with E-state index in [1.807, 2.05) is 18.5 Å². The molecule has 0 fully saturated rings. The molecule has 0 atom stereocenters. The van der Waals surface area contributed by atoms with Crippen LogP contribution < -0.4 is 0 Å². The zero-order valence-corrected chi connectivity index (χ0v) is 18.7. The molecule has 0 aliphatic heterocycles. The van der Waals surface area contributed by atoms with Gasteiger partial charge in [0.05, 0.1) is 11.0 Å². The fourth-order valence-electron chi connectivity index (χ4n) is 4.59. The number of benzene rings is 3. The van der Waals surface area contributed by atoms with E-state index < -0.39 is 0 Å². The highest BCUT2D eigenvalue weighted by Gasteiger charge is 2.12. The fraction of sp³-hybridized carbons (Fsp3) is 0.200. The Hall–Kier alpha value is -3.56. The van der Waals surface area contributed by atoms with E-state index in [-0.39, 0.29) is 0 Å². The molecule has 2 heterocycles. The van der Waals surface area contributed by atoms with Gasteiger partial charge in [-0.2, -0.15) is 0 Å². The van der Waals surface area contributed by atoms with Crippen LogP contribution in [0.2, 0.25) is 0 Å². The van der Waals surface area contributed by atoms with Crippen molar-refractivity contribution >= 4 is 21.8 Å². The second-order valence-electron chi connectivity index (χ2n) is 8.53. The van der Waals surface area contributed by atoms with Crippen molar-refractivity contribution in [2.24, 2.45) is 0 Å². The molecule has 0 saturated carbocycles. The van der Waals surface area contributed by atoms with Crippen LogP contribution in [0, 0.1) is 0 Å². The first kappa shape index (κ1) is 21.3. The highest BCUT2D eigenvalue weighted by atomic mass is 16.2. The topological polar surface area (TPSA) is 46.0 Å². The Balaban J connectivity index is 1.48. The first-order valence-electron chi connectivity index (χ1n) is 11.8. The molecular weight excluding hydrogens is 404 g/mol. The van der Waals surface area contributed by atoms with Crippen molar-refractivity contribution in [3.8, 4) is 22.3 Å². The van der Waals surface area contributed by atoms with Crippen LogP contribution in [0.5, 0.6) is 0 Å².